The number of hydrogen-bond donors (Lipinski definition) is 5. The number of Topliss-reactive ketones (excluding diaryl/α,β-unsaturated/α-hetero) is 3. The number of nitrogens with one attached hydrogen (secondary N) is 2. The molecule has 2 aromatic carbocycles. The van der Waals surface area contributed by atoms with E-state index in [2.05, 4.69) is 26.6 Å². The SMILES string of the molecule is C[C@H](CC(=O)[C@H](C)NCCCC(=O)CBr)C(=O)Nc1cccc(Cc2ccc([C@@H]3O[C@@H]4C[C@H]5[C@@H]6CCC7=CC(=O)C=C[C@]7(C)[C@@]6(F)[C@@H](O)C[C@]5(C)[C@]4(C(=O)COP(=O)(O)O)O3)cc2)c1. The molecular formula is C47H57BrFN2O12P. The highest BCUT2D eigenvalue weighted by Gasteiger charge is 2.79. The fraction of sp³-hybridized carbons (Fsp3) is 0.553. The summed E-state index contributed by atoms with van der Waals surface area (Å²) in [6.07, 6.45) is 2.93. The van der Waals surface area contributed by atoms with Gasteiger partial charge in [0, 0.05) is 46.8 Å². The number of rotatable bonds is 18. The lowest BCUT2D eigenvalue weighted by Crippen LogP contribution is -2.69. The van der Waals surface area contributed by atoms with Crippen LogP contribution in [0, 0.1) is 28.6 Å². The highest BCUT2D eigenvalue weighted by molar-refractivity contribution is 9.09. The van der Waals surface area contributed by atoms with Gasteiger partial charge in [-0.2, -0.15) is 0 Å². The van der Waals surface area contributed by atoms with Crippen LogP contribution in [0.3, 0.4) is 0 Å². The number of carbonyl (C=O) groups excluding carboxylic acids is 5. The van der Waals surface area contributed by atoms with E-state index in [1.807, 2.05) is 30.3 Å². The number of benzene rings is 2. The van der Waals surface area contributed by atoms with Crippen molar-refractivity contribution in [3.8, 4) is 0 Å². The Kier molecular flexibility index (Phi) is 14.1. The molecule has 7 rings (SSSR count). The fourth-order valence-electron chi connectivity index (χ4n) is 11.3. The lowest BCUT2D eigenvalue weighted by molar-refractivity contribution is -0.231. The number of alkyl halides is 2. The summed E-state index contributed by atoms with van der Waals surface area (Å²) in [7, 11) is -5.09. The summed E-state index contributed by atoms with van der Waals surface area (Å²) < 4.78 is 47.6. The molecule has 2 aromatic rings. The van der Waals surface area contributed by atoms with Crippen LogP contribution in [0.15, 0.2) is 72.3 Å². The first-order chi connectivity index (χ1) is 30.1. The molecule has 5 N–H and O–H groups in total. The summed E-state index contributed by atoms with van der Waals surface area (Å²) >= 11 is 3.14. The second kappa shape index (κ2) is 18.6. The van der Waals surface area contributed by atoms with Gasteiger partial charge in [0.25, 0.3) is 0 Å². The van der Waals surface area contributed by atoms with Crippen LogP contribution in [0.5, 0.6) is 0 Å². The van der Waals surface area contributed by atoms with Gasteiger partial charge in [0.05, 0.1) is 23.6 Å². The lowest BCUT2D eigenvalue weighted by Gasteiger charge is -2.62. The zero-order valence-corrected chi connectivity index (χ0v) is 38.9. The van der Waals surface area contributed by atoms with E-state index >= 15 is 4.39 Å². The smallest absolute Gasteiger partial charge is 0.390 e. The van der Waals surface area contributed by atoms with Crippen LogP contribution in [-0.2, 0) is 49.0 Å². The largest absolute Gasteiger partial charge is 0.470 e. The number of anilines is 1. The van der Waals surface area contributed by atoms with Crippen molar-refractivity contribution < 1.29 is 61.8 Å². The molecule has 346 valence electrons. The van der Waals surface area contributed by atoms with Gasteiger partial charge in [0.1, 0.15) is 18.2 Å². The van der Waals surface area contributed by atoms with Crippen molar-refractivity contribution in [2.24, 2.45) is 28.6 Å². The molecule has 1 amide bonds. The molecule has 5 aliphatic rings. The number of aliphatic hydroxyl groups is 1. The maximum atomic E-state index is 17.9. The topological polar surface area (TPSA) is 215 Å². The number of phosphoric ester groups is 1. The number of phosphoric acid groups is 1. The summed E-state index contributed by atoms with van der Waals surface area (Å²) in [6.45, 7) is 6.43. The zero-order valence-electron chi connectivity index (χ0n) is 36.4. The van der Waals surface area contributed by atoms with Crippen LogP contribution in [0.1, 0.15) is 95.6 Å². The van der Waals surface area contributed by atoms with Crippen molar-refractivity contribution in [3.63, 3.8) is 0 Å². The van der Waals surface area contributed by atoms with Crippen LogP contribution in [0.4, 0.5) is 10.1 Å². The monoisotopic (exact) mass is 970 g/mol. The van der Waals surface area contributed by atoms with E-state index in [0.717, 1.165) is 11.1 Å². The molecule has 11 atom stereocenters. The standard InChI is InChI=1S/C47H57BrFN2O12P/c1-27(19-38(54)28(2)50-18-6-9-35(53)25-48)42(57)51-33-8-5-7-30(21-33)20-29-10-12-31(13-11-29)43-62-41-23-37-36-15-14-32-22-34(52)16-17-44(32,3)46(36,49)39(55)24-45(37,4)47(41,63-43)40(56)26-61-64(58,59)60/h5,7-8,10-13,16-17,21-22,27-28,36-37,39,41,43,50,55H,6,9,14-15,18-20,23-26H2,1-4H3,(H,51,57)(H2,58,59,60)/t27-,28+,36+,37+,39+,41-,43-,44+,45+,46+,47-/m1/s1. The van der Waals surface area contributed by atoms with E-state index in [9.17, 15) is 43.4 Å². The Morgan fingerprint density at radius 2 is 1.80 bits per heavy atom. The average molecular weight is 972 g/mol. The summed E-state index contributed by atoms with van der Waals surface area (Å²) in [5.41, 5.74) is -2.99. The lowest BCUT2D eigenvalue weighted by atomic mass is 9.44. The van der Waals surface area contributed by atoms with E-state index in [1.54, 1.807) is 52.0 Å². The normalized spacial score (nSPS) is 32.7. The molecule has 0 aromatic heterocycles. The predicted octanol–water partition coefficient (Wildman–Crippen LogP) is 6.35. The van der Waals surface area contributed by atoms with E-state index in [1.165, 1.54) is 12.2 Å². The minimum atomic E-state index is -5.09. The highest BCUT2D eigenvalue weighted by atomic mass is 79.9. The maximum absolute atomic E-state index is 17.9. The molecule has 0 radical (unpaired) electrons. The summed E-state index contributed by atoms with van der Waals surface area (Å²) in [4.78, 5) is 83.2. The van der Waals surface area contributed by atoms with E-state index < -0.39 is 84.6 Å². The third-order valence-corrected chi connectivity index (χ3v) is 15.8. The summed E-state index contributed by atoms with van der Waals surface area (Å²) in [5, 5.41) is 18.3. The molecule has 3 saturated carbocycles. The molecule has 4 aliphatic carbocycles. The number of halogens is 2. The van der Waals surface area contributed by atoms with Crippen molar-refractivity contribution in [1.29, 1.82) is 0 Å². The van der Waals surface area contributed by atoms with Gasteiger partial charge in [0.2, 0.25) is 5.91 Å². The van der Waals surface area contributed by atoms with Crippen molar-refractivity contribution >= 4 is 58.5 Å². The number of ether oxygens (including phenoxy) is 2. The van der Waals surface area contributed by atoms with Gasteiger partial charge in [0.15, 0.2) is 29.1 Å². The Morgan fingerprint density at radius 3 is 2.50 bits per heavy atom. The average Bonchev–Trinajstić information content (AvgIpc) is 3.75. The van der Waals surface area contributed by atoms with Gasteiger partial charge >= 0.3 is 7.82 Å². The van der Waals surface area contributed by atoms with Gasteiger partial charge < -0.3 is 35.0 Å². The molecule has 0 unspecified atom stereocenters. The van der Waals surface area contributed by atoms with Crippen LogP contribution < -0.4 is 10.6 Å². The first kappa shape index (κ1) is 48.4. The molecular weight excluding hydrogens is 914 g/mol. The van der Waals surface area contributed by atoms with Crippen molar-refractivity contribution in [3.05, 3.63) is 89.0 Å². The van der Waals surface area contributed by atoms with Gasteiger partial charge in [-0.1, -0.05) is 77.8 Å². The second-order valence-corrected chi connectivity index (χ2v) is 20.4. The van der Waals surface area contributed by atoms with E-state index in [4.69, 9.17) is 14.0 Å². The van der Waals surface area contributed by atoms with Crippen molar-refractivity contribution in [2.45, 2.75) is 115 Å². The molecule has 4 fully saturated rings. The van der Waals surface area contributed by atoms with Gasteiger partial charge in [-0.15, -0.1) is 0 Å². The molecule has 0 spiro atoms. The maximum Gasteiger partial charge on any atom is 0.470 e. The number of aliphatic hydroxyl groups excluding tert-OH is 1. The van der Waals surface area contributed by atoms with Crippen LogP contribution in [0.2, 0.25) is 0 Å². The predicted molar refractivity (Wildman–Crippen MR) is 237 cm³/mol. The Hall–Kier alpha value is -3.57. The van der Waals surface area contributed by atoms with Crippen molar-refractivity contribution in [1.82, 2.24) is 5.32 Å². The number of allylic oxidation sites excluding steroid dienone is 4. The molecule has 0 bridgehead atoms. The molecule has 14 nitrogen and oxygen atoms in total. The second-order valence-electron chi connectivity index (χ2n) is 18.6. The van der Waals surface area contributed by atoms with E-state index in [0.29, 0.717) is 60.8 Å². The Bertz CT molecular complexity index is 2290. The van der Waals surface area contributed by atoms with Gasteiger partial charge in [-0.05, 0) is 100 Å². The third kappa shape index (κ3) is 8.99. The summed E-state index contributed by atoms with van der Waals surface area (Å²) in [6, 6.07) is 14.3. The number of fused-ring (bicyclic) bond motifs is 7. The Labute approximate surface area is 380 Å². The highest BCUT2D eigenvalue weighted by Crippen LogP contribution is 2.72. The minimum Gasteiger partial charge on any atom is -0.390 e. The number of hydrogen-bond acceptors (Lipinski definition) is 11. The Balaban J connectivity index is 1.03. The molecule has 1 heterocycles. The first-order valence-corrected chi connectivity index (χ1v) is 24.5. The van der Waals surface area contributed by atoms with Crippen LogP contribution in [0.25, 0.3) is 0 Å². The van der Waals surface area contributed by atoms with E-state index in [-0.39, 0.29) is 42.5 Å². The molecule has 64 heavy (non-hydrogen) atoms. The summed E-state index contributed by atoms with van der Waals surface area (Å²) in [5.74, 6) is -3.19. The van der Waals surface area contributed by atoms with Crippen LogP contribution in [-0.4, -0.2) is 91.9 Å². The minimum absolute atomic E-state index is 0.0541. The number of carbonyl (C=O) groups is 5. The first-order valence-electron chi connectivity index (χ1n) is 21.9. The Morgan fingerprint density at radius 1 is 1.06 bits per heavy atom. The molecule has 1 aliphatic heterocycles. The third-order valence-electron chi connectivity index (χ3n) is 14.7. The van der Waals surface area contributed by atoms with Gasteiger partial charge in [-0.25, -0.2) is 8.96 Å². The fourth-order valence-corrected chi connectivity index (χ4v) is 11.8. The van der Waals surface area contributed by atoms with Gasteiger partial charge in [-0.3, -0.25) is 28.5 Å². The molecule has 17 heteroatoms. The number of amides is 1. The zero-order chi connectivity index (χ0) is 46.4. The van der Waals surface area contributed by atoms with Crippen molar-refractivity contribution in [2.75, 3.05) is 23.8 Å². The molecule has 1 saturated heterocycles. The van der Waals surface area contributed by atoms with Crippen LogP contribution >= 0.6 is 23.8 Å². The quantitative estimate of drug-likeness (QED) is 0.0627. The number of ketones is 4.